The van der Waals surface area contributed by atoms with Crippen LogP contribution in [0.4, 0.5) is 15.3 Å². The van der Waals surface area contributed by atoms with Crippen LogP contribution < -0.4 is 11.2 Å². The molecule has 0 spiro atoms. The number of rotatable bonds is 3. The molecular weight excluding hydrogens is 481 g/mol. The second-order valence-electron chi connectivity index (χ2n) is 3.25. The lowest BCUT2D eigenvalue weighted by Gasteiger charge is -2.00. The minimum atomic E-state index is -0.200. The van der Waals surface area contributed by atoms with Crippen molar-refractivity contribution >= 4 is 73.7 Å². The quantitative estimate of drug-likeness (QED) is 0.301. The molecule has 0 saturated carbocycles. The standard InChI is InChI=1S/C10H7FI2N4S/c11-9-6(12)1-5(2-7(9)13)3-15-17-10-16-8(14)4-18-10/h1-4H,14H2,(H,16,17). The molecule has 2 aromatic rings. The Balaban J connectivity index is 2.09. The molecule has 0 radical (unpaired) electrons. The van der Waals surface area contributed by atoms with Gasteiger partial charge in [-0.1, -0.05) is 0 Å². The van der Waals surface area contributed by atoms with Crippen LogP contribution in [0, 0.1) is 13.0 Å². The highest BCUT2D eigenvalue weighted by atomic mass is 127. The topological polar surface area (TPSA) is 63.3 Å². The van der Waals surface area contributed by atoms with Crippen molar-refractivity contribution in [3.63, 3.8) is 0 Å². The zero-order valence-corrected chi connectivity index (χ0v) is 14.0. The Morgan fingerprint density at radius 3 is 2.61 bits per heavy atom. The SMILES string of the molecule is Nc1csc(NN=Cc2cc(I)c(F)c(I)c2)n1. The minimum Gasteiger partial charge on any atom is -0.383 e. The van der Waals surface area contributed by atoms with E-state index in [-0.39, 0.29) is 5.82 Å². The predicted molar refractivity (Wildman–Crippen MR) is 89.6 cm³/mol. The molecule has 94 valence electrons. The Kier molecular flexibility index (Phi) is 4.72. The Bertz CT molecular complexity index is 576. The fraction of sp³-hybridized carbons (Fsp3) is 0. The van der Waals surface area contributed by atoms with Crippen LogP contribution in [0.2, 0.25) is 0 Å². The summed E-state index contributed by atoms with van der Waals surface area (Å²) >= 11 is 5.28. The molecular formula is C10H7FI2N4S. The van der Waals surface area contributed by atoms with Gasteiger partial charge in [-0.25, -0.2) is 9.37 Å². The van der Waals surface area contributed by atoms with Crippen LogP contribution in [0.3, 0.4) is 0 Å². The van der Waals surface area contributed by atoms with Crippen LogP contribution >= 0.6 is 56.5 Å². The summed E-state index contributed by atoms with van der Waals surface area (Å²) < 4.78 is 14.5. The van der Waals surface area contributed by atoms with Crippen molar-refractivity contribution in [2.24, 2.45) is 5.10 Å². The molecule has 0 aliphatic carbocycles. The molecule has 1 aromatic heterocycles. The Morgan fingerprint density at radius 1 is 1.39 bits per heavy atom. The fourth-order valence-electron chi connectivity index (χ4n) is 1.15. The van der Waals surface area contributed by atoms with Crippen molar-refractivity contribution in [1.29, 1.82) is 0 Å². The maximum atomic E-state index is 13.4. The molecule has 0 unspecified atom stereocenters. The fourth-order valence-corrected chi connectivity index (χ4v) is 3.51. The third kappa shape index (κ3) is 3.51. The molecule has 0 atom stereocenters. The Hall–Kier alpha value is -0.490. The molecule has 18 heavy (non-hydrogen) atoms. The van der Waals surface area contributed by atoms with Crippen molar-refractivity contribution in [1.82, 2.24) is 4.98 Å². The first-order chi connectivity index (χ1) is 8.56. The average molecular weight is 488 g/mol. The zero-order chi connectivity index (χ0) is 13.1. The van der Waals surface area contributed by atoms with E-state index in [0.29, 0.717) is 18.1 Å². The van der Waals surface area contributed by atoms with Crippen LogP contribution in [-0.2, 0) is 0 Å². The predicted octanol–water partition coefficient (Wildman–Crippen LogP) is 3.52. The van der Waals surface area contributed by atoms with Gasteiger partial charge in [-0.05, 0) is 62.9 Å². The average Bonchev–Trinajstić information content (AvgIpc) is 2.72. The number of anilines is 2. The summed E-state index contributed by atoms with van der Waals surface area (Å²) in [6, 6.07) is 3.44. The normalized spacial score (nSPS) is 11.1. The number of halogens is 3. The third-order valence-electron chi connectivity index (χ3n) is 1.90. The first-order valence-corrected chi connectivity index (χ1v) is 7.74. The molecule has 0 amide bonds. The summed E-state index contributed by atoms with van der Waals surface area (Å²) in [5, 5.41) is 6.37. The van der Waals surface area contributed by atoms with E-state index in [1.165, 1.54) is 11.3 Å². The van der Waals surface area contributed by atoms with Gasteiger partial charge in [0.2, 0.25) is 5.13 Å². The summed E-state index contributed by atoms with van der Waals surface area (Å²) in [5.41, 5.74) is 9.07. The number of nitrogens with one attached hydrogen (secondary N) is 1. The minimum absolute atomic E-state index is 0.200. The number of nitrogens with two attached hydrogens (primary N) is 1. The van der Waals surface area contributed by atoms with Crippen molar-refractivity contribution < 1.29 is 4.39 Å². The first-order valence-electron chi connectivity index (χ1n) is 4.71. The van der Waals surface area contributed by atoms with Crippen LogP contribution in [0.1, 0.15) is 5.56 Å². The van der Waals surface area contributed by atoms with Gasteiger partial charge in [0, 0.05) is 5.38 Å². The van der Waals surface area contributed by atoms with E-state index in [4.69, 9.17) is 5.73 Å². The lowest BCUT2D eigenvalue weighted by Crippen LogP contribution is -1.94. The molecule has 3 N–H and O–H groups in total. The Labute approximate surface area is 134 Å². The molecule has 2 rings (SSSR count). The molecule has 0 fully saturated rings. The number of nitrogen functional groups attached to an aromatic ring is 1. The summed E-state index contributed by atoms with van der Waals surface area (Å²) in [4.78, 5) is 4.00. The van der Waals surface area contributed by atoms with Crippen molar-refractivity contribution in [2.75, 3.05) is 11.2 Å². The Morgan fingerprint density at radius 2 is 2.06 bits per heavy atom. The molecule has 1 heterocycles. The van der Waals surface area contributed by atoms with Gasteiger partial charge in [-0.2, -0.15) is 5.10 Å². The van der Waals surface area contributed by atoms with E-state index in [1.54, 1.807) is 23.7 Å². The van der Waals surface area contributed by atoms with E-state index >= 15 is 0 Å². The van der Waals surface area contributed by atoms with Gasteiger partial charge in [-0.3, -0.25) is 5.43 Å². The highest BCUT2D eigenvalue weighted by Gasteiger charge is 2.05. The van der Waals surface area contributed by atoms with Gasteiger partial charge in [0.25, 0.3) is 0 Å². The van der Waals surface area contributed by atoms with Crippen LogP contribution in [0.15, 0.2) is 22.6 Å². The molecule has 0 aliphatic rings. The molecule has 0 saturated heterocycles. The van der Waals surface area contributed by atoms with Gasteiger partial charge in [-0.15, -0.1) is 11.3 Å². The molecule has 4 nitrogen and oxygen atoms in total. The van der Waals surface area contributed by atoms with Crippen LogP contribution in [-0.4, -0.2) is 11.2 Å². The van der Waals surface area contributed by atoms with Gasteiger partial charge >= 0.3 is 0 Å². The van der Waals surface area contributed by atoms with Gasteiger partial charge in [0.15, 0.2) is 0 Å². The first kappa shape index (κ1) is 13.9. The highest BCUT2D eigenvalue weighted by molar-refractivity contribution is 14.1. The number of aromatic nitrogens is 1. The largest absolute Gasteiger partial charge is 0.383 e. The van der Waals surface area contributed by atoms with Gasteiger partial charge in [0.05, 0.1) is 13.4 Å². The molecule has 0 aliphatic heterocycles. The van der Waals surface area contributed by atoms with Crippen LogP contribution in [0.5, 0.6) is 0 Å². The second kappa shape index (κ2) is 6.10. The van der Waals surface area contributed by atoms with Crippen LogP contribution in [0.25, 0.3) is 0 Å². The third-order valence-corrected chi connectivity index (χ3v) is 4.24. The van der Waals surface area contributed by atoms with E-state index in [0.717, 1.165) is 5.56 Å². The zero-order valence-electron chi connectivity index (χ0n) is 8.82. The van der Waals surface area contributed by atoms with E-state index in [2.05, 4.69) is 15.5 Å². The van der Waals surface area contributed by atoms with Crippen molar-refractivity contribution in [3.8, 4) is 0 Å². The van der Waals surface area contributed by atoms with E-state index < -0.39 is 0 Å². The lowest BCUT2D eigenvalue weighted by atomic mass is 10.2. The van der Waals surface area contributed by atoms with Crippen molar-refractivity contribution in [2.45, 2.75) is 0 Å². The molecule has 8 heteroatoms. The maximum absolute atomic E-state index is 13.4. The van der Waals surface area contributed by atoms with E-state index in [1.807, 2.05) is 45.2 Å². The second-order valence-corrected chi connectivity index (χ2v) is 6.43. The molecule has 1 aromatic carbocycles. The smallest absolute Gasteiger partial charge is 0.205 e. The number of benzene rings is 1. The van der Waals surface area contributed by atoms with Crippen molar-refractivity contribution in [3.05, 3.63) is 36.0 Å². The monoisotopic (exact) mass is 488 g/mol. The van der Waals surface area contributed by atoms with E-state index in [9.17, 15) is 4.39 Å². The number of nitrogens with zero attached hydrogens (tertiary/aromatic N) is 2. The maximum Gasteiger partial charge on any atom is 0.205 e. The number of hydrogen-bond donors (Lipinski definition) is 2. The lowest BCUT2D eigenvalue weighted by molar-refractivity contribution is 0.612. The van der Waals surface area contributed by atoms with Gasteiger partial charge in [0.1, 0.15) is 11.6 Å². The summed E-state index contributed by atoms with van der Waals surface area (Å²) in [5.74, 6) is 0.262. The summed E-state index contributed by atoms with van der Waals surface area (Å²) in [6.07, 6.45) is 1.61. The summed E-state index contributed by atoms with van der Waals surface area (Å²) in [6.45, 7) is 0. The highest BCUT2D eigenvalue weighted by Crippen LogP contribution is 2.19. The summed E-state index contributed by atoms with van der Waals surface area (Å²) in [7, 11) is 0. The number of hydrazone groups is 1. The number of hydrogen-bond acceptors (Lipinski definition) is 5. The van der Waals surface area contributed by atoms with Gasteiger partial charge < -0.3 is 5.73 Å². The number of thiazole rings is 1. The molecule has 0 bridgehead atoms.